The van der Waals surface area contributed by atoms with Crippen LogP contribution in [0.5, 0.6) is 0 Å². The van der Waals surface area contributed by atoms with E-state index in [-0.39, 0.29) is 36.3 Å². The molecule has 1 amide bonds. The first-order chi connectivity index (χ1) is 11.5. The van der Waals surface area contributed by atoms with E-state index in [4.69, 9.17) is 0 Å². The summed E-state index contributed by atoms with van der Waals surface area (Å²) in [6.07, 6.45) is 2.07. The molecule has 0 aliphatic carbocycles. The second kappa shape index (κ2) is 11.2. The van der Waals surface area contributed by atoms with Crippen LogP contribution in [0.2, 0.25) is 0 Å². The van der Waals surface area contributed by atoms with Crippen LogP contribution in [0.15, 0.2) is 4.79 Å². The summed E-state index contributed by atoms with van der Waals surface area (Å²) >= 11 is 0. The van der Waals surface area contributed by atoms with Crippen molar-refractivity contribution in [1.29, 1.82) is 0 Å². The van der Waals surface area contributed by atoms with Crippen LogP contribution in [-0.4, -0.2) is 40.3 Å². The molecular formula is C17H29Cl2N5O2. The number of aromatic nitrogens is 3. The molecule has 26 heavy (non-hydrogen) atoms. The molecule has 0 radical (unpaired) electrons. The predicted molar refractivity (Wildman–Crippen MR) is 110 cm³/mol. The van der Waals surface area contributed by atoms with Gasteiger partial charge in [-0.3, -0.25) is 19.4 Å². The Morgan fingerprint density at radius 2 is 1.88 bits per heavy atom. The Kier molecular flexibility index (Phi) is 10.5. The quantitative estimate of drug-likeness (QED) is 0.583. The van der Waals surface area contributed by atoms with E-state index in [0.717, 1.165) is 36.3 Å². The van der Waals surface area contributed by atoms with Gasteiger partial charge in [0.15, 0.2) is 5.65 Å². The average Bonchev–Trinajstić information content (AvgIpc) is 2.81. The highest BCUT2D eigenvalue weighted by atomic mass is 35.5. The molecular weight excluding hydrogens is 377 g/mol. The number of aryl methyl sites for hydroxylation is 3. The topological polar surface area (TPSA) is 91.8 Å². The molecule has 2 heterocycles. The highest BCUT2D eigenvalue weighted by Gasteiger charge is 2.15. The maximum absolute atomic E-state index is 12.0. The van der Waals surface area contributed by atoms with Crippen LogP contribution in [0.3, 0.4) is 0 Å². The van der Waals surface area contributed by atoms with Gasteiger partial charge in [0.2, 0.25) is 5.91 Å². The maximum atomic E-state index is 12.0. The summed E-state index contributed by atoms with van der Waals surface area (Å²) in [6, 6.07) is 0. The van der Waals surface area contributed by atoms with E-state index in [2.05, 4.69) is 27.6 Å². The molecule has 0 aromatic carbocycles. The minimum atomic E-state index is -0.134. The summed E-state index contributed by atoms with van der Waals surface area (Å²) in [4.78, 5) is 28.5. The van der Waals surface area contributed by atoms with E-state index >= 15 is 0 Å². The number of hydrogen-bond donors (Lipinski definition) is 3. The number of rotatable bonds is 8. The van der Waals surface area contributed by atoms with E-state index in [1.807, 2.05) is 13.8 Å². The summed E-state index contributed by atoms with van der Waals surface area (Å²) in [5.74, 6) is 0.0224. The molecule has 148 valence electrons. The lowest BCUT2D eigenvalue weighted by molar-refractivity contribution is -0.121. The van der Waals surface area contributed by atoms with Gasteiger partial charge in [0.1, 0.15) is 0 Å². The Balaban J connectivity index is 0.00000312. The van der Waals surface area contributed by atoms with Crippen LogP contribution in [0.4, 0.5) is 0 Å². The Bertz CT molecular complexity index is 786. The second-order valence-electron chi connectivity index (χ2n) is 6.10. The van der Waals surface area contributed by atoms with Gasteiger partial charge in [-0.15, -0.1) is 24.8 Å². The molecule has 0 bridgehead atoms. The Hall–Kier alpha value is -1.57. The zero-order valence-electron chi connectivity index (χ0n) is 15.8. The molecule has 0 atom stereocenters. The number of amides is 1. The van der Waals surface area contributed by atoms with Crippen molar-refractivity contribution in [3.8, 4) is 0 Å². The summed E-state index contributed by atoms with van der Waals surface area (Å²) in [5, 5.41) is 9.50. The second-order valence-corrected chi connectivity index (χ2v) is 6.10. The van der Waals surface area contributed by atoms with Crippen molar-refractivity contribution < 1.29 is 4.79 Å². The van der Waals surface area contributed by atoms with Crippen molar-refractivity contribution in [3.05, 3.63) is 27.2 Å². The molecule has 3 N–H and O–H groups in total. The fourth-order valence-corrected chi connectivity index (χ4v) is 2.94. The minimum absolute atomic E-state index is 0. The van der Waals surface area contributed by atoms with Gasteiger partial charge in [0.05, 0.1) is 5.39 Å². The standard InChI is InChI=1S/C17H27N5O2.2ClH/c1-5-8-18-9-10-19-14(23)7-6-13-11(2)15-16(20-12(13)3)22(4)21-17(15)24;;/h18H,5-10H2,1-4H3,(H,19,23)(H,21,24);2*1H. The summed E-state index contributed by atoms with van der Waals surface area (Å²) < 4.78 is 1.64. The maximum Gasteiger partial charge on any atom is 0.273 e. The molecule has 2 rings (SSSR count). The lowest BCUT2D eigenvalue weighted by Crippen LogP contribution is -2.32. The Morgan fingerprint density at radius 3 is 2.54 bits per heavy atom. The van der Waals surface area contributed by atoms with E-state index in [9.17, 15) is 9.59 Å². The molecule has 9 heteroatoms. The first-order valence-corrected chi connectivity index (χ1v) is 8.47. The van der Waals surface area contributed by atoms with Crippen LogP contribution < -0.4 is 16.2 Å². The molecule has 0 fully saturated rings. The van der Waals surface area contributed by atoms with E-state index in [1.165, 1.54) is 0 Å². The van der Waals surface area contributed by atoms with Crippen LogP contribution in [0.25, 0.3) is 11.0 Å². The number of carbonyl (C=O) groups excluding carboxylic acids is 1. The lowest BCUT2D eigenvalue weighted by atomic mass is 10.0. The van der Waals surface area contributed by atoms with E-state index < -0.39 is 0 Å². The Labute approximate surface area is 166 Å². The monoisotopic (exact) mass is 405 g/mol. The number of fused-ring (bicyclic) bond motifs is 1. The fourth-order valence-electron chi connectivity index (χ4n) is 2.94. The third-order valence-corrected chi connectivity index (χ3v) is 4.23. The van der Waals surface area contributed by atoms with Crippen molar-refractivity contribution in [2.45, 2.75) is 40.0 Å². The number of pyridine rings is 1. The first-order valence-electron chi connectivity index (χ1n) is 8.47. The van der Waals surface area contributed by atoms with Gasteiger partial charge in [0.25, 0.3) is 5.56 Å². The third kappa shape index (κ3) is 5.72. The molecule has 7 nitrogen and oxygen atoms in total. The molecule has 0 aliphatic rings. The van der Waals surface area contributed by atoms with Crippen molar-refractivity contribution in [3.63, 3.8) is 0 Å². The van der Waals surface area contributed by atoms with Gasteiger partial charge in [0, 0.05) is 32.3 Å². The van der Waals surface area contributed by atoms with E-state index in [1.54, 1.807) is 11.7 Å². The summed E-state index contributed by atoms with van der Waals surface area (Å²) in [7, 11) is 1.77. The van der Waals surface area contributed by atoms with E-state index in [0.29, 0.717) is 30.4 Å². The SMILES string of the molecule is CCCNCCNC(=O)CCc1c(C)nc2c(c1C)c(=O)[nH]n2C.Cl.Cl. The van der Waals surface area contributed by atoms with Gasteiger partial charge in [-0.25, -0.2) is 4.98 Å². The smallest absolute Gasteiger partial charge is 0.273 e. The normalized spacial score (nSPS) is 10.3. The van der Waals surface area contributed by atoms with Crippen molar-refractivity contribution in [1.82, 2.24) is 25.4 Å². The van der Waals surface area contributed by atoms with Gasteiger partial charge in [-0.05, 0) is 44.4 Å². The largest absolute Gasteiger partial charge is 0.355 e. The molecule has 0 aliphatic heterocycles. The number of nitrogens with one attached hydrogen (secondary N) is 3. The van der Waals surface area contributed by atoms with Crippen LogP contribution in [0.1, 0.15) is 36.6 Å². The molecule has 0 saturated heterocycles. The molecule has 2 aromatic rings. The van der Waals surface area contributed by atoms with Crippen molar-refractivity contribution in [2.75, 3.05) is 19.6 Å². The van der Waals surface area contributed by atoms with Gasteiger partial charge >= 0.3 is 0 Å². The highest BCUT2D eigenvalue weighted by Crippen LogP contribution is 2.20. The molecule has 0 saturated carbocycles. The number of carbonyl (C=O) groups is 1. The molecule has 0 unspecified atom stereocenters. The fraction of sp³-hybridized carbons (Fsp3) is 0.588. The minimum Gasteiger partial charge on any atom is -0.355 e. The predicted octanol–water partition coefficient (Wildman–Crippen LogP) is 1.77. The number of H-pyrrole nitrogens is 1. The number of nitrogens with zero attached hydrogens (tertiary/aromatic N) is 2. The highest BCUT2D eigenvalue weighted by molar-refractivity contribution is 5.85. The van der Waals surface area contributed by atoms with Crippen LogP contribution >= 0.6 is 24.8 Å². The third-order valence-electron chi connectivity index (χ3n) is 4.23. The zero-order chi connectivity index (χ0) is 17.7. The van der Waals surface area contributed by atoms with Gasteiger partial charge in [-0.1, -0.05) is 6.92 Å². The molecule has 2 aromatic heterocycles. The van der Waals surface area contributed by atoms with Crippen LogP contribution in [0, 0.1) is 13.8 Å². The van der Waals surface area contributed by atoms with Crippen molar-refractivity contribution >= 4 is 41.8 Å². The zero-order valence-corrected chi connectivity index (χ0v) is 17.4. The Morgan fingerprint density at radius 1 is 1.19 bits per heavy atom. The van der Waals surface area contributed by atoms with Gasteiger partial charge < -0.3 is 10.6 Å². The van der Waals surface area contributed by atoms with Crippen LogP contribution in [-0.2, 0) is 18.3 Å². The number of hydrogen-bond acceptors (Lipinski definition) is 4. The summed E-state index contributed by atoms with van der Waals surface area (Å²) in [6.45, 7) is 8.33. The number of halogens is 2. The lowest BCUT2D eigenvalue weighted by Gasteiger charge is -2.11. The number of aromatic amines is 1. The first kappa shape index (κ1) is 24.4. The van der Waals surface area contributed by atoms with Gasteiger partial charge in [-0.2, -0.15) is 0 Å². The van der Waals surface area contributed by atoms with Crippen molar-refractivity contribution in [2.24, 2.45) is 7.05 Å². The summed E-state index contributed by atoms with van der Waals surface area (Å²) in [5.41, 5.74) is 3.29. The molecule has 0 spiro atoms. The average molecular weight is 406 g/mol.